The van der Waals surface area contributed by atoms with Crippen LogP contribution >= 0.6 is 0 Å². The molecule has 9 heteroatoms. The van der Waals surface area contributed by atoms with Crippen molar-refractivity contribution in [3.05, 3.63) is 23.8 Å². The molecule has 1 aromatic carbocycles. The third kappa shape index (κ3) is 4.73. The van der Waals surface area contributed by atoms with Crippen LogP contribution in [0.1, 0.15) is 38.2 Å². The number of hydrogen-bond donors (Lipinski definition) is 2. The van der Waals surface area contributed by atoms with Crippen molar-refractivity contribution < 1.29 is 23.1 Å². The number of rotatable bonds is 8. The van der Waals surface area contributed by atoms with Crippen LogP contribution in [-0.4, -0.2) is 61.6 Å². The highest BCUT2D eigenvalue weighted by Gasteiger charge is 2.33. The van der Waals surface area contributed by atoms with Gasteiger partial charge in [0.1, 0.15) is 12.6 Å². The second kappa shape index (κ2) is 9.60. The van der Waals surface area contributed by atoms with Gasteiger partial charge in [-0.2, -0.15) is 0 Å². The minimum atomic E-state index is -2.80. The van der Waals surface area contributed by atoms with E-state index >= 15 is 0 Å². The highest BCUT2D eigenvalue weighted by Crippen LogP contribution is 2.32. The Morgan fingerprint density at radius 2 is 2.17 bits per heavy atom. The summed E-state index contributed by atoms with van der Waals surface area (Å²) in [6.07, 6.45) is 0.355. The molecule has 2 aliphatic rings. The van der Waals surface area contributed by atoms with Crippen molar-refractivity contribution >= 4 is 23.2 Å². The van der Waals surface area contributed by atoms with Crippen molar-refractivity contribution in [3.8, 4) is 0 Å². The first-order valence-corrected chi connectivity index (χ1v) is 10.0. The molecular weight excluding hydrogens is 382 g/mol. The van der Waals surface area contributed by atoms with E-state index in [0.717, 1.165) is 19.3 Å². The Hall–Kier alpha value is -2.10. The molecule has 0 unspecified atom stereocenters. The van der Waals surface area contributed by atoms with Crippen LogP contribution in [0.15, 0.2) is 18.2 Å². The number of nitrogens with zero attached hydrogens (tertiary/aromatic N) is 2. The van der Waals surface area contributed by atoms with E-state index in [2.05, 4.69) is 5.32 Å². The molecule has 0 bridgehead atoms. The minimum Gasteiger partial charge on any atom is -0.370 e. The first kappa shape index (κ1) is 21.6. The maximum absolute atomic E-state index is 13.7. The highest BCUT2D eigenvalue weighted by atomic mass is 19.3. The Balaban J connectivity index is 1.79. The fraction of sp³-hybridized carbons (Fsp3) is 0.600. The molecule has 3 N–H and O–H groups in total. The average Bonchev–Trinajstić information content (AvgIpc) is 2.67. The molecule has 0 radical (unpaired) electrons. The van der Waals surface area contributed by atoms with Crippen LogP contribution in [0.2, 0.25) is 0 Å². The molecular formula is C20H28F2N4O3. The van der Waals surface area contributed by atoms with Gasteiger partial charge in [0.05, 0.1) is 6.61 Å². The Morgan fingerprint density at radius 3 is 2.72 bits per heavy atom. The lowest BCUT2D eigenvalue weighted by molar-refractivity contribution is -0.125. The summed E-state index contributed by atoms with van der Waals surface area (Å²) in [5.41, 5.74) is 5.93. The summed E-state index contributed by atoms with van der Waals surface area (Å²) in [6, 6.07) is 3.97. The summed E-state index contributed by atoms with van der Waals surface area (Å²) in [5, 5.41) is 2.63. The largest absolute Gasteiger partial charge is 0.370 e. The second-order valence-electron chi connectivity index (χ2n) is 7.33. The summed E-state index contributed by atoms with van der Waals surface area (Å²) in [6.45, 7) is 3.32. The second-order valence-corrected chi connectivity index (χ2v) is 7.33. The van der Waals surface area contributed by atoms with Gasteiger partial charge in [-0.25, -0.2) is 8.78 Å². The number of alkyl halides is 2. The molecule has 29 heavy (non-hydrogen) atoms. The predicted molar refractivity (Wildman–Crippen MR) is 106 cm³/mol. The zero-order valence-electron chi connectivity index (χ0n) is 16.6. The average molecular weight is 410 g/mol. The lowest BCUT2D eigenvalue weighted by atomic mass is 9.90. The Bertz CT molecular complexity index is 742. The van der Waals surface area contributed by atoms with E-state index in [1.807, 2.05) is 11.8 Å². The maximum atomic E-state index is 13.7. The van der Waals surface area contributed by atoms with Gasteiger partial charge in [0.2, 0.25) is 5.91 Å². The first-order chi connectivity index (χ1) is 14.0. The Morgan fingerprint density at radius 1 is 1.41 bits per heavy atom. The van der Waals surface area contributed by atoms with Gasteiger partial charge in [-0.3, -0.25) is 14.5 Å². The van der Waals surface area contributed by atoms with Crippen LogP contribution in [0.25, 0.3) is 0 Å². The number of nitrogens with two attached hydrogens (primary N) is 1. The number of halogens is 2. The van der Waals surface area contributed by atoms with E-state index in [9.17, 15) is 18.4 Å². The summed E-state index contributed by atoms with van der Waals surface area (Å²) < 4.78 is 32.5. The molecule has 1 saturated carbocycles. The standard InChI is InChI=1S/C20H28F2N4O3/c1-2-25(13-4-3-5-13)17(11-23)20(28)24-16-7-6-14(10-15(16)19(21)22)26-8-9-29-12-18(26)27/h6-7,10,13,17,19H,2-5,8-9,11-12,23H2,1H3,(H,24,28)/t17-/m0/s1. The Labute approximate surface area is 169 Å². The van der Waals surface area contributed by atoms with E-state index in [1.165, 1.54) is 17.0 Å². The van der Waals surface area contributed by atoms with E-state index in [-0.39, 0.29) is 30.3 Å². The molecule has 0 aromatic heterocycles. The third-order valence-electron chi connectivity index (χ3n) is 5.66. The van der Waals surface area contributed by atoms with E-state index in [1.54, 1.807) is 6.07 Å². The fourth-order valence-electron chi connectivity index (χ4n) is 3.86. The van der Waals surface area contributed by atoms with Gasteiger partial charge in [-0.1, -0.05) is 13.3 Å². The summed E-state index contributed by atoms with van der Waals surface area (Å²) >= 11 is 0. The molecule has 0 spiro atoms. The molecule has 1 atom stereocenters. The number of likely N-dealkylation sites (N-methyl/N-ethyl adjacent to an activating group) is 1. The lowest BCUT2D eigenvalue weighted by Crippen LogP contribution is -2.54. The summed E-state index contributed by atoms with van der Waals surface area (Å²) in [7, 11) is 0. The monoisotopic (exact) mass is 410 g/mol. The zero-order valence-corrected chi connectivity index (χ0v) is 16.6. The minimum absolute atomic E-state index is 0.0394. The maximum Gasteiger partial charge on any atom is 0.265 e. The number of carbonyl (C=O) groups excluding carboxylic acids is 2. The summed E-state index contributed by atoms with van der Waals surface area (Å²) in [5.74, 6) is -0.672. The van der Waals surface area contributed by atoms with Crippen LogP contribution in [0.5, 0.6) is 0 Å². The molecule has 160 valence electrons. The number of morpholine rings is 1. The van der Waals surface area contributed by atoms with Crippen LogP contribution in [0.3, 0.4) is 0 Å². The number of benzene rings is 1. The molecule has 2 amide bonds. The number of carbonyl (C=O) groups is 2. The number of nitrogens with one attached hydrogen (secondary N) is 1. The van der Waals surface area contributed by atoms with Gasteiger partial charge >= 0.3 is 0 Å². The van der Waals surface area contributed by atoms with E-state index in [0.29, 0.717) is 31.4 Å². The van der Waals surface area contributed by atoms with Crippen LogP contribution in [-0.2, 0) is 14.3 Å². The van der Waals surface area contributed by atoms with Crippen LogP contribution in [0, 0.1) is 0 Å². The van der Waals surface area contributed by atoms with Gasteiger partial charge in [0.15, 0.2) is 0 Å². The normalized spacial score (nSPS) is 18.8. The van der Waals surface area contributed by atoms with Gasteiger partial charge in [0.25, 0.3) is 12.3 Å². The molecule has 1 heterocycles. The smallest absolute Gasteiger partial charge is 0.265 e. The van der Waals surface area contributed by atoms with Crippen molar-refractivity contribution in [1.82, 2.24) is 4.90 Å². The van der Waals surface area contributed by atoms with Gasteiger partial charge in [0, 0.05) is 36.1 Å². The lowest BCUT2D eigenvalue weighted by Gasteiger charge is -2.41. The number of amides is 2. The van der Waals surface area contributed by atoms with Gasteiger partial charge in [-0.15, -0.1) is 0 Å². The first-order valence-electron chi connectivity index (χ1n) is 10.0. The SMILES string of the molecule is CCN(C1CCC1)[C@@H](CN)C(=O)Nc1ccc(N2CCOCC2=O)cc1C(F)F. The third-order valence-corrected chi connectivity index (χ3v) is 5.66. The quantitative estimate of drug-likeness (QED) is 0.686. The number of ether oxygens (including phenoxy) is 1. The van der Waals surface area contributed by atoms with Crippen molar-refractivity contribution in [3.63, 3.8) is 0 Å². The van der Waals surface area contributed by atoms with Crippen molar-refractivity contribution in [2.45, 2.75) is 44.7 Å². The van der Waals surface area contributed by atoms with Gasteiger partial charge in [-0.05, 0) is 37.6 Å². The van der Waals surface area contributed by atoms with Crippen LogP contribution < -0.4 is 16.0 Å². The number of hydrogen-bond acceptors (Lipinski definition) is 5. The Kier molecular flexibility index (Phi) is 7.15. The number of anilines is 2. The zero-order chi connectivity index (χ0) is 21.0. The molecule has 1 aliphatic heterocycles. The van der Waals surface area contributed by atoms with Crippen molar-refractivity contribution in [2.24, 2.45) is 5.73 Å². The van der Waals surface area contributed by atoms with Crippen molar-refractivity contribution in [1.29, 1.82) is 0 Å². The molecule has 3 rings (SSSR count). The molecule has 2 fully saturated rings. The molecule has 7 nitrogen and oxygen atoms in total. The van der Waals surface area contributed by atoms with E-state index < -0.39 is 18.4 Å². The fourth-order valence-corrected chi connectivity index (χ4v) is 3.86. The van der Waals surface area contributed by atoms with Crippen molar-refractivity contribution in [2.75, 3.05) is 43.1 Å². The predicted octanol–water partition coefficient (Wildman–Crippen LogP) is 2.13. The van der Waals surface area contributed by atoms with Gasteiger partial charge < -0.3 is 20.7 Å². The molecule has 1 aromatic rings. The molecule has 1 aliphatic carbocycles. The van der Waals surface area contributed by atoms with Crippen LogP contribution in [0.4, 0.5) is 20.2 Å². The topological polar surface area (TPSA) is 87.9 Å². The molecule has 1 saturated heterocycles. The van der Waals surface area contributed by atoms with E-state index in [4.69, 9.17) is 10.5 Å². The highest BCUT2D eigenvalue weighted by molar-refractivity contribution is 5.97. The summed E-state index contributed by atoms with van der Waals surface area (Å²) in [4.78, 5) is 28.3.